The van der Waals surface area contributed by atoms with Crippen molar-refractivity contribution in [3.63, 3.8) is 0 Å². The number of hydrogen-bond acceptors (Lipinski definition) is 3. The van der Waals surface area contributed by atoms with Crippen LogP contribution in [0.25, 0.3) is 0 Å². The van der Waals surface area contributed by atoms with E-state index in [-0.39, 0.29) is 0 Å². The predicted octanol–water partition coefficient (Wildman–Crippen LogP) is 1.93. The van der Waals surface area contributed by atoms with Crippen LogP contribution >= 0.6 is 11.8 Å². The predicted molar refractivity (Wildman–Crippen MR) is 67.7 cm³/mol. The van der Waals surface area contributed by atoms with Crippen LogP contribution in [0.1, 0.15) is 5.56 Å². The van der Waals surface area contributed by atoms with Crippen LogP contribution in [0.15, 0.2) is 30.3 Å². The molecule has 1 N–H and O–H groups in total. The minimum Gasteiger partial charge on any atom is -0.480 e. The molecule has 16 heavy (non-hydrogen) atoms. The highest BCUT2D eigenvalue weighted by atomic mass is 32.2. The molecule has 0 saturated carbocycles. The van der Waals surface area contributed by atoms with Gasteiger partial charge in [0.15, 0.2) is 0 Å². The van der Waals surface area contributed by atoms with Gasteiger partial charge in [-0.05, 0) is 19.7 Å². The highest BCUT2D eigenvalue weighted by molar-refractivity contribution is 7.98. The van der Waals surface area contributed by atoms with Crippen LogP contribution in [0.4, 0.5) is 0 Å². The van der Waals surface area contributed by atoms with Crippen molar-refractivity contribution in [3.05, 3.63) is 35.9 Å². The van der Waals surface area contributed by atoms with Crippen molar-refractivity contribution in [2.24, 2.45) is 0 Å². The first-order valence-corrected chi connectivity index (χ1v) is 6.27. The molecular formula is C12H17NO2S. The second-order valence-electron chi connectivity index (χ2n) is 3.82. The van der Waals surface area contributed by atoms with E-state index in [1.54, 1.807) is 30.8 Å². The molecule has 1 atom stereocenters. The highest BCUT2D eigenvalue weighted by Crippen LogP contribution is 2.14. The van der Waals surface area contributed by atoms with Crippen LogP contribution in [0, 0.1) is 0 Å². The van der Waals surface area contributed by atoms with Crippen LogP contribution in [-0.2, 0) is 10.5 Å². The Labute approximate surface area is 100 Å². The summed E-state index contributed by atoms with van der Waals surface area (Å²) >= 11 is 1.65. The Morgan fingerprint density at radius 2 is 2.00 bits per heavy atom. The molecule has 1 rings (SSSR count). The Hall–Kier alpha value is -1.00. The fourth-order valence-electron chi connectivity index (χ4n) is 1.30. The zero-order valence-electron chi connectivity index (χ0n) is 9.59. The van der Waals surface area contributed by atoms with Crippen LogP contribution in [0.2, 0.25) is 0 Å². The number of aliphatic carboxylic acids is 1. The third kappa shape index (κ3) is 4.24. The summed E-state index contributed by atoms with van der Waals surface area (Å²) in [5.41, 5.74) is 1.23. The molecule has 0 aromatic heterocycles. The first kappa shape index (κ1) is 13.1. The van der Waals surface area contributed by atoms with Gasteiger partial charge in [0.2, 0.25) is 0 Å². The van der Waals surface area contributed by atoms with E-state index in [9.17, 15) is 4.79 Å². The molecule has 0 radical (unpaired) electrons. The van der Waals surface area contributed by atoms with Crippen molar-refractivity contribution in [2.75, 3.05) is 19.8 Å². The summed E-state index contributed by atoms with van der Waals surface area (Å²) in [4.78, 5) is 12.7. The molecule has 0 spiro atoms. The van der Waals surface area contributed by atoms with Gasteiger partial charge in [-0.2, -0.15) is 11.8 Å². The van der Waals surface area contributed by atoms with Crippen molar-refractivity contribution < 1.29 is 9.90 Å². The van der Waals surface area contributed by atoms with Gasteiger partial charge in [-0.3, -0.25) is 9.69 Å². The molecule has 0 saturated heterocycles. The van der Waals surface area contributed by atoms with Gasteiger partial charge in [0.1, 0.15) is 6.04 Å². The second kappa shape index (κ2) is 6.55. The first-order valence-electron chi connectivity index (χ1n) is 5.12. The second-order valence-corrected chi connectivity index (χ2v) is 4.85. The maximum Gasteiger partial charge on any atom is 0.321 e. The molecule has 0 fully saturated rings. The van der Waals surface area contributed by atoms with E-state index in [0.717, 1.165) is 5.75 Å². The van der Waals surface area contributed by atoms with Gasteiger partial charge in [-0.25, -0.2) is 0 Å². The molecule has 1 aromatic carbocycles. The van der Waals surface area contributed by atoms with Gasteiger partial charge in [-0.15, -0.1) is 0 Å². The molecule has 0 aliphatic heterocycles. The van der Waals surface area contributed by atoms with E-state index in [1.807, 2.05) is 18.2 Å². The largest absolute Gasteiger partial charge is 0.480 e. The third-order valence-corrected chi connectivity index (χ3v) is 3.38. The molecular weight excluding hydrogens is 222 g/mol. The lowest BCUT2D eigenvalue weighted by molar-refractivity contribution is -0.141. The lowest BCUT2D eigenvalue weighted by Gasteiger charge is -2.19. The SMILES string of the molecule is CN(C)C(CSCc1ccccc1)C(=O)O. The summed E-state index contributed by atoms with van der Waals surface area (Å²) in [6, 6.07) is 9.67. The van der Waals surface area contributed by atoms with Gasteiger partial charge < -0.3 is 5.11 Å². The maximum atomic E-state index is 10.9. The molecule has 88 valence electrons. The minimum atomic E-state index is -0.759. The summed E-state index contributed by atoms with van der Waals surface area (Å²) in [6.07, 6.45) is 0. The normalized spacial score (nSPS) is 12.7. The average molecular weight is 239 g/mol. The number of rotatable bonds is 6. The van der Waals surface area contributed by atoms with Crippen LogP contribution in [0.5, 0.6) is 0 Å². The van der Waals surface area contributed by atoms with Crippen LogP contribution in [-0.4, -0.2) is 41.9 Å². The van der Waals surface area contributed by atoms with Crippen molar-refractivity contribution >= 4 is 17.7 Å². The number of thioether (sulfide) groups is 1. The monoisotopic (exact) mass is 239 g/mol. The van der Waals surface area contributed by atoms with Gasteiger partial charge in [0, 0.05) is 11.5 Å². The summed E-state index contributed by atoms with van der Waals surface area (Å²) in [5.74, 6) is 0.709. The number of carboxylic acid groups (broad SMARTS) is 1. The van der Waals surface area contributed by atoms with Crippen LogP contribution in [0.3, 0.4) is 0 Å². The Bertz CT molecular complexity index is 327. The van der Waals surface area contributed by atoms with Crippen LogP contribution < -0.4 is 0 Å². The molecule has 4 heteroatoms. The fourth-order valence-corrected chi connectivity index (χ4v) is 2.51. The Morgan fingerprint density at radius 3 is 2.50 bits per heavy atom. The molecule has 0 bridgehead atoms. The molecule has 0 amide bonds. The Balaban J connectivity index is 2.37. The number of carbonyl (C=O) groups is 1. The van der Waals surface area contributed by atoms with E-state index in [2.05, 4.69) is 12.1 Å². The lowest BCUT2D eigenvalue weighted by atomic mass is 10.2. The van der Waals surface area contributed by atoms with Crippen molar-refractivity contribution in [1.29, 1.82) is 0 Å². The smallest absolute Gasteiger partial charge is 0.321 e. The average Bonchev–Trinajstić information content (AvgIpc) is 2.24. The van der Waals surface area contributed by atoms with E-state index >= 15 is 0 Å². The first-order chi connectivity index (χ1) is 7.61. The molecule has 1 aromatic rings. The summed E-state index contributed by atoms with van der Waals surface area (Å²) in [7, 11) is 3.59. The number of likely N-dealkylation sites (N-methyl/N-ethyl adjacent to an activating group) is 1. The molecule has 1 unspecified atom stereocenters. The number of benzene rings is 1. The molecule has 0 aliphatic carbocycles. The molecule has 0 heterocycles. The standard InChI is InChI=1S/C12H17NO2S/c1-13(2)11(12(14)15)9-16-8-10-6-4-3-5-7-10/h3-7,11H,8-9H2,1-2H3,(H,14,15). The van der Waals surface area contributed by atoms with Gasteiger partial charge in [0.05, 0.1) is 0 Å². The minimum absolute atomic E-state index is 0.409. The number of nitrogens with zero attached hydrogens (tertiary/aromatic N) is 1. The lowest BCUT2D eigenvalue weighted by Crippen LogP contribution is -2.37. The van der Waals surface area contributed by atoms with Crippen molar-refractivity contribution in [2.45, 2.75) is 11.8 Å². The van der Waals surface area contributed by atoms with E-state index in [1.165, 1.54) is 5.56 Å². The third-order valence-electron chi connectivity index (χ3n) is 2.30. The number of carboxylic acids is 1. The summed E-state index contributed by atoms with van der Waals surface area (Å²) < 4.78 is 0. The van der Waals surface area contributed by atoms with Gasteiger partial charge >= 0.3 is 5.97 Å². The maximum absolute atomic E-state index is 10.9. The van der Waals surface area contributed by atoms with Gasteiger partial charge in [0.25, 0.3) is 0 Å². The summed E-state index contributed by atoms with van der Waals surface area (Å²) in [6.45, 7) is 0. The van der Waals surface area contributed by atoms with E-state index < -0.39 is 12.0 Å². The summed E-state index contributed by atoms with van der Waals surface area (Å²) in [5, 5.41) is 8.99. The Kier molecular flexibility index (Phi) is 5.35. The van der Waals surface area contributed by atoms with Gasteiger partial charge in [-0.1, -0.05) is 30.3 Å². The zero-order valence-corrected chi connectivity index (χ0v) is 10.4. The van der Waals surface area contributed by atoms with E-state index in [0.29, 0.717) is 5.75 Å². The van der Waals surface area contributed by atoms with Crippen molar-refractivity contribution in [1.82, 2.24) is 4.90 Å². The fraction of sp³-hybridized carbons (Fsp3) is 0.417. The topological polar surface area (TPSA) is 40.5 Å². The van der Waals surface area contributed by atoms with E-state index in [4.69, 9.17) is 5.11 Å². The van der Waals surface area contributed by atoms with Crippen molar-refractivity contribution in [3.8, 4) is 0 Å². The zero-order chi connectivity index (χ0) is 12.0. The molecule has 3 nitrogen and oxygen atoms in total. The Morgan fingerprint density at radius 1 is 1.38 bits per heavy atom. The quantitative estimate of drug-likeness (QED) is 0.823. The highest BCUT2D eigenvalue weighted by Gasteiger charge is 2.19. The number of hydrogen-bond donors (Lipinski definition) is 1. The molecule has 0 aliphatic rings.